The first-order valence-electron chi connectivity index (χ1n) is 17.0. The minimum absolute atomic E-state index is 0. The molecule has 0 fully saturated rings. The van der Waals surface area contributed by atoms with Crippen LogP contribution in [0.1, 0.15) is 105 Å². The molecule has 6 radical (unpaired) electrons. The van der Waals surface area contributed by atoms with Crippen molar-refractivity contribution in [1.82, 2.24) is 0 Å². The summed E-state index contributed by atoms with van der Waals surface area (Å²) in [5, 5.41) is 0. The average Bonchev–Trinajstić information content (AvgIpc) is 3.20. The maximum atomic E-state index is 4.91. The fourth-order valence-corrected chi connectivity index (χ4v) is 1.71. The first-order chi connectivity index (χ1) is 23.2. The molecule has 0 atom stereocenters. The first kappa shape index (κ1) is 92.0. The third-order valence-corrected chi connectivity index (χ3v) is 2.98. The zero-order valence-electron chi connectivity index (χ0n) is 35.6. The third kappa shape index (κ3) is 160. The molecule has 0 spiro atoms. The van der Waals surface area contributed by atoms with E-state index in [1.54, 1.807) is 49.8 Å². The Morgan fingerprint density at radius 2 is 0.346 bits per heavy atom. The van der Waals surface area contributed by atoms with E-state index in [0.717, 1.165) is 5.75 Å². The Morgan fingerprint density at radius 3 is 0.423 bits per heavy atom. The van der Waals surface area contributed by atoms with Crippen molar-refractivity contribution in [3.8, 4) is 5.75 Å². The Hall–Kier alpha value is -3.31. The quantitative estimate of drug-likeness (QED) is 0.183. The predicted molar refractivity (Wildman–Crippen MR) is 251 cm³/mol. The SMILES string of the molecule is C.C.C.CC.CC.CC.CC.CC.CC.COC.COC.COC.COc1ccccc1.[B].[B].c1ccccc1.c1ccccc1.c1ccccc1. The molecule has 4 aromatic carbocycles. The minimum Gasteiger partial charge on any atom is -0.497 e. The Morgan fingerprint density at radius 1 is 0.250 bits per heavy atom. The van der Waals surface area contributed by atoms with Crippen LogP contribution in [0.2, 0.25) is 0 Å². The van der Waals surface area contributed by atoms with Gasteiger partial charge in [0, 0.05) is 59.5 Å². The molecule has 0 aromatic heterocycles. The topological polar surface area (TPSA) is 36.9 Å². The van der Waals surface area contributed by atoms with Crippen LogP contribution >= 0.6 is 0 Å². The summed E-state index contributed by atoms with van der Waals surface area (Å²) in [5.74, 6) is 0.910. The van der Waals surface area contributed by atoms with E-state index in [9.17, 15) is 0 Å². The van der Waals surface area contributed by atoms with Gasteiger partial charge in [-0.2, -0.15) is 0 Å². The molecule has 0 heterocycles. The van der Waals surface area contributed by atoms with E-state index in [2.05, 4.69) is 14.2 Å². The maximum Gasteiger partial charge on any atom is 0.118 e. The number of benzene rings is 4. The highest BCUT2D eigenvalue weighted by atomic mass is 16.5. The van der Waals surface area contributed by atoms with Gasteiger partial charge in [-0.15, -0.1) is 0 Å². The molecule has 6 heteroatoms. The molecule has 4 aromatic rings. The molecule has 0 aliphatic heterocycles. The van der Waals surface area contributed by atoms with Gasteiger partial charge in [0.05, 0.1) is 7.11 Å². The van der Waals surface area contributed by atoms with Gasteiger partial charge in [0.15, 0.2) is 0 Å². The number of ether oxygens (including phenoxy) is 4. The van der Waals surface area contributed by atoms with Crippen molar-refractivity contribution in [2.24, 2.45) is 0 Å². The lowest BCUT2D eigenvalue weighted by molar-refractivity contribution is 0.277. The summed E-state index contributed by atoms with van der Waals surface area (Å²) in [5.41, 5.74) is 0. The summed E-state index contributed by atoms with van der Waals surface area (Å²) in [6.07, 6.45) is 0. The summed E-state index contributed by atoms with van der Waals surface area (Å²) in [6, 6.07) is 45.7. The molecule has 4 nitrogen and oxygen atoms in total. The van der Waals surface area contributed by atoms with Crippen molar-refractivity contribution in [3.05, 3.63) is 140 Å². The molecule has 306 valence electrons. The summed E-state index contributed by atoms with van der Waals surface area (Å²) in [6.45, 7) is 24.0. The van der Waals surface area contributed by atoms with Crippen LogP contribution < -0.4 is 4.74 Å². The van der Waals surface area contributed by atoms with Gasteiger partial charge < -0.3 is 18.9 Å². The van der Waals surface area contributed by atoms with Crippen molar-refractivity contribution in [3.63, 3.8) is 0 Å². The van der Waals surface area contributed by atoms with E-state index in [4.69, 9.17) is 4.74 Å². The van der Waals surface area contributed by atoms with Crippen LogP contribution in [0, 0.1) is 0 Å². The van der Waals surface area contributed by atoms with E-state index in [1.165, 1.54) is 0 Å². The zero-order valence-corrected chi connectivity index (χ0v) is 35.6. The van der Waals surface area contributed by atoms with E-state index >= 15 is 0 Å². The van der Waals surface area contributed by atoms with Gasteiger partial charge in [-0.05, 0) is 12.1 Å². The highest BCUT2D eigenvalue weighted by Gasteiger charge is 1.80. The molecule has 0 aliphatic carbocycles. The van der Waals surface area contributed by atoms with Gasteiger partial charge in [-0.1, -0.05) is 233 Å². The fourth-order valence-electron chi connectivity index (χ4n) is 1.71. The van der Waals surface area contributed by atoms with Crippen LogP contribution in [-0.2, 0) is 14.2 Å². The van der Waals surface area contributed by atoms with E-state index in [0.29, 0.717) is 0 Å². The first-order valence-corrected chi connectivity index (χ1v) is 17.0. The lowest BCUT2D eigenvalue weighted by Crippen LogP contribution is -1.78. The van der Waals surface area contributed by atoms with Gasteiger partial charge in [-0.25, -0.2) is 0 Å². The fraction of sp³-hybridized carbons (Fsp3) is 0.478. The van der Waals surface area contributed by atoms with Crippen LogP contribution in [0.15, 0.2) is 140 Å². The molecule has 0 aliphatic rings. The van der Waals surface area contributed by atoms with Gasteiger partial charge in [0.2, 0.25) is 0 Å². The molecule has 0 saturated heterocycles. The smallest absolute Gasteiger partial charge is 0.118 e. The molecule has 0 amide bonds. The number of para-hydroxylation sites is 1. The molecule has 4 rings (SSSR count). The van der Waals surface area contributed by atoms with Gasteiger partial charge in [0.1, 0.15) is 5.75 Å². The molecule has 0 saturated carbocycles. The van der Waals surface area contributed by atoms with Crippen LogP contribution in [0.3, 0.4) is 0 Å². The van der Waals surface area contributed by atoms with Gasteiger partial charge in [-0.3, -0.25) is 0 Å². The van der Waals surface area contributed by atoms with E-state index in [-0.39, 0.29) is 39.1 Å². The number of hydrogen-bond donors (Lipinski definition) is 0. The average molecular weight is 731 g/mol. The van der Waals surface area contributed by atoms with Crippen LogP contribution in [0.25, 0.3) is 0 Å². The van der Waals surface area contributed by atoms with Crippen molar-refractivity contribution >= 4 is 16.8 Å². The number of methoxy groups -OCH3 is 4. The monoisotopic (exact) mass is 731 g/mol. The van der Waals surface area contributed by atoms with Crippen molar-refractivity contribution in [2.45, 2.75) is 105 Å². The Balaban J connectivity index is -0.0000000258. The van der Waals surface area contributed by atoms with Crippen molar-refractivity contribution in [2.75, 3.05) is 49.8 Å². The second-order valence-corrected chi connectivity index (χ2v) is 6.21. The molecular formula is C46H92B2O4. The van der Waals surface area contributed by atoms with Crippen molar-refractivity contribution < 1.29 is 18.9 Å². The number of rotatable bonds is 1. The Kier molecular flexibility index (Phi) is 258. The molecule has 0 unspecified atom stereocenters. The second kappa shape index (κ2) is 146. The summed E-state index contributed by atoms with van der Waals surface area (Å²) in [7, 11) is 11.4. The lowest BCUT2D eigenvalue weighted by atomic mass is 10.3. The number of hydrogen-bond acceptors (Lipinski definition) is 4. The van der Waals surface area contributed by atoms with Crippen LogP contribution in [0.4, 0.5) is 0 Å². The van der Waals surface area contributed by atoms with Crippen LogP contribution in [0.5, 0.6) is 5.75 Å². The highest BCUT2D eigenvalue weighted by Crippen LogP contribution is 2.05. The Labute approximate surface area is 335 Å². The van der Waals surface area contributed by atoms with Gasteiger partial charge >= 0.3 is 0 Å². The maximum absolute atomic E-state index is 4.91. The standard InChI is InChI=1S/C7H8O.3C6H6.3C2H6O.6C2H6.3CH4.2B/c1-8-7-5-3-2-4-6-7;3*1-2-4-6-5-3-1;3*1-3-2;6*1-2;;;;;/h2-6H,1H3;3*1-6H;3*1-2H3;6*1-2H3;3*1H4;;. The largest absolute Gasteiger partial charge is 0.497 e. The predicted octanol–water partition coefficient (Wildman–Crippen LogP) is 14.8. The summed E-state index contributed by atoms with van der Waals surface area (Å²) >= 11 is 0. The summed E-state index contributed by atoms with van der Waals surface area (Å²) in [4.78, 5) is 0. The summed E-state index contributed by atoms with van der Waals surface area (Å²) < 4.78 is 17.7. The molecular weight excluding hydrogens is 638 g/mol. The highest BCUT2D eigenvalue weighted by molar-refractivity contribution is 5.76. The normalized spacial score (nSPS) is 5.83. The lowest BCUT2D eigenvalue weighted by Gasteiger charge is -1.93. The second-order valence-electron chi connectivity index (χ2n) is 6.21. The Bertz CT molecular complexity index is 622. The van der Waals surface area contributed by atoms with Crippen molar-refractivity contribution in [1.29, 1.82) is 0 Å². The molecule has 0 bridgehead atoms. The molecule has 52 heavy (non-hydrogen) atoms. The van der Waals surface area contributed by atoms with Crippen LogP contribution in [-0.4, -0.2) is 66.6 Å². The molecule has 0 N–H and O–H groups in total. The van der Waals surface area contributed by atoms with Gasteiger partial charge in [0.25, 0.3) is 0 Å². The van der Waals surface area contributed by atoms with E-state index < -0.39 is 0 Å². The van der Waals surface area contributed by atoms with E-state index in [1.807, 2.05) is 223 Å². The minimum atomic E-state index is 0. The third-order valence-electron chi connectivity index (χ3n) is 2.98. The zero-order chi connectivity index (χ0) is 38.7.